The Balaban J connectivity index is 1.91. The summed E-state index contributed by atoms with van der Waals surface area (Å²) in [5.74, 6) is 0.994. The van der Waals surface area contributed by atoms with E-state index < -0.39 is 0 Å². The fourth-order valence-corrected chi connectivity index (χ4v) is 2.77. The highest BCUT2D eigenvalue weighted by molar-refractivity contribution is 4.88. The van der Waals surface area contributed by atoms with E-state index in [2.05, 4.69) is 11.8 Å². The fourth-order valence-electron chi connectivity index (χ4n) is 2.77. The molecule has 0 aromatic rings. The van der Waals surface area contributed by atoms with E-state index in [1.165, 1.54) is 32.2 Å². The Morgan fingerprint density at radius 2 is 2.00 bits per heavy atom. The van der Waals surface area contributed by atoms with Crippen molar-refractivity contribution in [2.24, 2.45) is 11.7 Å². The van der Waals surface area contributed by atoms with Gasteiger partial charge in [-0.05, 0) is 38.5 Å². The smallest absolute Gasteiger partial charge is 0.0139 e. The summed E-state index contributed by atoms with van der Waals surface area (Å²) in [7, 11) is 0. The average Bonchev–Trinajstić information content (AvgIpc) is 2.05. The van der Waals surface area contributed by atoms with Crippen LogP contribution in [0.2, 0.25) is 0 Å². The van der Waals surface area contributed by atoms with Gasteiger partial charge in [0.15, 0.2) is 0 Å². The number of rotatable bonds is 2. The zero-order valence-corrected chi connectivity index (χ0v) is 8.00. The third-order valence-corrected chi connectivity index (χ3v) is 3.35. The highest BCUT2D eigenvalue weighted by Crippen LogP contribution is 2.34. The molecular weight excluding hydrogens is 148 g/mol. The van der Waals surface area contributed by atoms with Crippen molar-refractivity contribution in [1.29, 1.82) is 0 Å². The summed E-state index contributed by atoms with van der Waals surface area (Å²) in [6, 6.07) is 1.23. The van der Waals surface area contributed by atoms with Crippen molar-refractivity contribution in [3.63, 3.8) is 0 Å². The first-order valence-corrected chi connectivity index (χ1v) is 5.25. The second-order valence-corrected chi connectivity index (χ2v) is 4.61. The van der Waals surface area contributed by atoms with E-state index >= 15 is 0 Å². The summed E-state index contributed by atoms with van der Waals surface area (Å²) in [6.45, 7) is 4.55. The van der Waals surface area contributed by atoms with Crippen LogP contribution >= 0.6 is 0 Å². The van der Waals surface area contributed by atoms with Gasteiger partial charge in [0, 0.05) is 25.2 Å². The van der Waals surface area contributed by atoms with Crippen LogP contribution < -0.4 is 5.73 Å². The number of nitrogens with two attached hydrogens (primary N) is 1. The largest absolute Gasteiger partial charge is 0.327 e. The van der Waals surface area contributed by atoms with E-state index in [0.717, 1.165) is 18.5 Å². The molecule has 1 saturated carbocycles. The number of nitrogens with zero attached hydrogens (tertiary/aromatic N) is 1. The van der Waals surface area contributed by atoms with Gasteiger partial charge < -0.3 is 5.73 Å². The van der Waals surface area contributed by atoms with Gasteiger partial charge in [-0.1, -0.05) is 0 Å². The van der Waals surface area contributed by atoms with Crippen LogP contribution in [0, 0.1) is 5.92 Å². The van der Waals surface area contributed by atoms with Crippen LogP contribution in [0.25, 0.3) is 0 Å². The van der Waals surface area contributed by atoms with E-state index in [4.69, 9.17) is 5.73 Å². The maximum Gasteiger partial charge on any atom is 0.0139 e. The Bertz CT molecular complexity index is 146. The first-order chi connectivity index (χ1) is 5.75. The zero-order valence-electron chi connectivity index (χ0n) is 8.00. The molecule has 0 unspecified atom stereocenters. The van der Waals surface area contributed by atoms with E-state index in [0.29, 0.717) is 6.04 Å². The van der Waals surface area contributed by atoms with Gasteiger partial charge in [0.05, 0.1) is 0 Å². The highest BCUT2D eigenvalue weighted by Gasteiger charge is 2.33. The quantitative estimate of drug-likeness (QED) is 0.671. The molecule has 0 aromatic heterocycles. The molecule has 0 amide bonds. The fraction of sp³-hybridized carbons (Fsp3) is 1.00. The Hall–Kier alpha value is -0.0800. The van der Waals surface area contributed by atoms with Gasteiger partial charge in [-0.2, -0.15) is 0 Å². The topological polar surface area (TPSA) is 29.3 Å². The van der Waals surface area contributed by atoms with Crippen molar-refractivity contribution in [3.05, 3.63) is 0 Å². The zero-order chi connectivity index (χ0) is 8.55. The summed E-state index contributed by atoms with van der Waals surface area (Å²) in [5.41, 5.74) is 5.81. The van der Waals surface area contributed by atoms with Gasteiger partial charge in [-0.25, -0.2) is 0 Å². The van der Waals surface area contributed by atoms with Crippen molar-refractivity contribution in [2.45, 2.75) is 44.7 Å². The van der Waals surface area contributed by atoms with E-state index in [1.807, 2.05) is 0 Å². The maximum atomic E-state index is 5.81. The van der Waals surface area contributed by atoms with E-state index in [9.17, 15) is 0 Å². The lowest BCUT2D eigenvalue weighted by molar-refractivity contribution is 0.0457. The summed E-state index contributed by atoms with van der Waals surface area (Å²) in [5, 5.41) is 0. The molecule has 1 aliphatic carbocycles. The number of hydrogen-bond acceptors (Lipinski definition) is 2. The normalized spacial score (nSPS) is 38.5. The van der Waals surface area contributed by atoms with Gasteiger partial charge in [-0.3, -0.25) is 4.90 Å². The second-order valence-electron chi connectivity index (χ2n) is 4.61. The van der Waals surface area contributed by atoms with Gasteiger partial charge in [0.2, 0.25) is 0 Å². The molecule has 2 aliphatic heterocycles. The maximum absolute atomic E-state index is 5.81. The molecule has 1 atom stereocenters. The molecule has 2 N–H and O–H groups in total. The molecular formula is C10H20N2. The van der Waals surface area contributed by atoms with Crippen LogP contribution in [0.15, 0.2) is 0 Å². The Morgan fingerprint density at radius 1 is 1.33 bits per heavy atom. The lowest BCUT2D eigenvalue weighted by Crippen LogP contribution is -2.51. The predicted molar refractivity (Wildman–Crippen MR) is 51.0 cm³/mol. The van der Waals surface area contributed by atoms with Crippen molar-refractivity contribution < 1.29 is 0 Å². The van der Waals surface area contributed by atoms with Crippen LogP contribution in [-0.2, 0) is 0 Å². The molecule has 2 nitrogen and oxygen atoms in total. The molecule has 2 heteroatoms. The van der Waals surface area contributed by atoms with Crippen molar-refractivity contribution >= 4 is 0 Å². The van der Waals surface area contributed by atoms with Gasteiger partial charge in [0.1, 0.15) is 0 Å². The van der Waals surface area contributed by atoms with Crippen molar-refractivity contribution in [1.82, 2.24) is 4.90 Å². The monoisotopic (exact) mass is 168 g/mol. The van der Waals surface area contributed by atoms with Crippen LogP contribution in [0.4, 0.5) is 0 Å². The molecule has 0 aromatic carbocycles. The molecule has 12 heavy (non-hydrogen) atoms. The van der Waals surface area contributed by atoms with Crippen LogP contribution in [-0.4, -0.2) is 30.1 Å². The predicted octanol–water partition coefficient (Wildman–Crippen LogP) is 1.21. The van der Waals surface area contributed by atoms with E-state index in [1.54, 1.807) is 0 Å². The minimum Gasteiger partial charge on any atom is -0.327 e. The molecule has 3 aliphatic rings. The van der Waals surface area contributed by atoms with Gasteiger partial charge in [0.25, 0.3) is 0 Å². The molecule has 2 saturated heterocycles. The average molecular weight is 168 g/mol. The summed E-state index contributed by atoms with van der Waals surface area (Å²) in [6.07, 6.45) is 5.80. The number of hydrogen-bond donors (Lipinski definition) is 1. The van der Waals surface area contributed by atoms with Crippen LogP contribution in [0.1, 0.15) is 32.6 Å². The highest BCUT2D eigenvalue weighted by atomic mass is 15.2. The van der Waals surface area contributed by atoms with E-state index in [-0.39, 0.29) is 0 Å². The third kappa shape index (κ3) is 1.64. The molecule has 3 rings (SSSR count). The summed E-state index contributed by atoms with van der Waals surface area (Å²) < 4.78 is 0. The van der Waals surface area contributed by atoms with Crippen LogP contribution in [0.5, 0.6) is 0 Å². The summed E-state index contributed by atoms with van der Waals surface area (Å²) >= 11 is 0. The van der Waals surface area contributed by atoms with Crippen molar-refractivity contribution in [3.8, 4) is 0 Å². The first-order valence-electron chi connectivity index (χ1n) is 5.25. The number of fused-ring (bicyclic) bond motifs is 3. The second kappa shape index (κ2) is 3.35. The first kappa shape index (κ1) is 8.52. The third-order valence-electron chi connectivity index (χ3n) is 3.35. The molecule has 70 valence electrons. The summed E-state index contributed by atoms with van der Waals surface area (Å²) in [4.78, 5) is 2.61. The molecule has 0 spiro atoms. The van der Waals surface area contributed by atoms with Crippen LogP contribution in [0.3, 0.4) is 0 Å². The standard InChI is InChI=1S/C10H20N2/c1-8(11)6-12-7-9-2-4-10(12)5-3-9/h8-10H,2-7,11H2,1H3/t8-,9?,10?/m0/s1. The minimum atomic E-state index is 0.351. The molecule has 2 heterocycles. The Labute approximate surface area is 75.1 Å². The lowest BCUT2D eigenvalue weighted by atomic mass is 9.80. The van der Waals surface area contributed by atoms with Gasteiger partial charge in [-0.15, -0.1) is 0 Å². The molecule has 3 fully saturated rings. The SMILES string of the molecule is C[C@H](N)CN1CC2CCC1CC2. The van der Waals surface area contributed by atoms with Crippen molar-refractivity contribution in [2.75, 3.05) is 13.1 Å². The minimum absolute atomic E-state index is 0.351. The molecule has 0 radical (unpaired) electrons. The van der Waals surface area contributed by atoms with Gasteiger partial charge >= 0.3 is 0 Å². The Morgan fingerprint density at radius 3 is 2.42 bits per heavy atom. The lowest BCUT2D eigenvalue weighted by Gasteiger charge is -2.46. The number of piperidine rings is 2. The Kier molecular flexibility index (Phi) is 2.37. The molecule has 2 bridgehead atoms.